The second-order valence-electron chi connectivity index (χ2n) is 4.74. The van der Waals surface area contributed by atoms with Gasteiger partial charge in [-0.05, 0) is 36.8 Å². The first-order valence-electron chi connectivity index (χ1n) is 6.56. The van der Waals surface area contributed by atoms with Crippen molar-refractivity contribution in [1.29, 1.82) is 0 Å². The van der Waals surface area contributed by atoms with Gasteiger partial charge >= 0.3 is 6.03 Å². The summed E-state index contributed by atoms with van der Waals surface area (Å²) < 4.78 is 13.6. The lowest BCUT2D eigenvalue weighted by atomic mass is 10.1. The van der Waals surface area contributed by atoms with Gasteiger partial charge < -0.3 is 10.4 Å². The van der Waals surface area contributed by atoms with Gasteiger partial charge in [-0.15, -0.1) is 0 Å². The molecule has 0 aliphatic heterocycles. The van der Waals surface area contributed by atoms with Crippen LogP contribution in [0.15, 0.2) is 48.5 Å². The van der Waals surface area contributed by atoms with Gasteiger partial charge in [0.2, 0.25) is 0 Å². The molecule has 0 aliphatic rings. The number of rotatable bonds is 3. The van der Waals surface area contributed by atoms with E-state index in [1.54, 1.807) is 43.3 Å². The summed E-state index contributed by atoms with van der Waals surface area (Å²) in [5, 5.41) is 12.1. The smallest absolute Gasteiger partial charge is 0.326 e. The van der Waals surface area contributed by atoms with Crippen LogP contribution in [0.25, 0.3) is 0 Å². The van der Waals surface area contributed by atoms with Crippen molar-refractivity contribution in [3.05, 3.63) is 59.9 Å². The predicted molar refractivity (Wildman–Crippen MR) is 80.9 cm³/mol. The van der Waals surface area contributed by atoms with Gasteiger partial charge in [0, 0.05) is 12.7 Å². The van der Waals surface area contributed by atoms with E-state index in [1.807, 2.05) is 0 Å². The summed E-state index contributed by atoms with van der Waals surface area (Å²) in [6, 6.07) is 12.5. The first-order valence-corrected chi connectivity index (χ1v) is 6.56. The molecule has 2 aromatic rings. The fraction of sp³-hybridized carbons (Fsp3) is 0.188. The van der Waals surface area contributed by atoms with Gasteiger partial charge in [-0.3, -0.25) is 4.90 Å². The molecule has 110 valence electrons. The summed E-state index contributed by atoms with van der Waals surface area (Å²) in [7, 11) is 1.50. The van der Waals surface area contributed by atoms with Crippen molar-refractivity contribution >= 4 is 17.4 Å². The first-order chi connectivity index (χ1) is 9.99. The molecule has 1 unspecified atom stereocenters. The predicted octanol–water partition coefficient (Wildman–Crippen LogP) is 3.55. The molecule has 0 aliphatic carbocycles. The van der Waals surface area contributed by atoms with Gasteiger partial charge in [-0.2, -0.15) is 0 Å². The molecule has 2 amide bonds. The van der Waals surface area contributed by atoms with E-state index in [4.69, 9.17) is 0 Å². The normalized spacial score (nSPS) is 11.8. The van der Waals surface area contributed by atoms with Crippen LogP contribution in [-0.2, 0) is 0 Å². The Morgan fingerprint density at radius 2 is 1.81 bits per heavy atom. The van der Waals surface area contributed by atoms with Crippen molar-refractivity contribution in [2.45, 2.75) is 13.0 Å². The largest absolute Gasteiger partial charge is 0.389 e. The van der Waals surface area contributed by atoms with Gasteiger partial charge in [0.15, 0.2) is 0 Å². The van der Waals surface area contributed by atoms with Gasteiger partial charge in [0.25, 0.3) is 0 Å². The Morgan fingerprint density at radius 1 is 1.19 bits per heavy atom. The van der Waals surface area contributed by atoms with Crippen molar-refractivity contribution < 1.29 is 14.3 Å². The number of hydrogen-bond acceptors (Lipinski definition) is 2. The Labute approximate surface area is 122 Å². The second kappa shape index (κ2) is 6.37. The van der Waals surface area contributed by atoms with Gasteiger partial charge in [-0.25, -0.2) is 9.18 Å². The molecule has 0 aromatic heterocycles. The molecule has 21 heavy (non-hydrogen) atoms. The van der Waals surface area contributed by atoms with Crippen LogP contribution in [0, 0.1) is 5.82 Å². The molecule has 4 nitrogen and oxygen atoms in total. The van der Waals surface area contributed by atoms with Gasteiger partial charge in [0.05, 0.1) is 11.8 Å². The van der Waals surface area contributed by atoms with E-state index in [0.717, 1.165) is 5.56 Å². The minimum absolute atomic E-state index is 0.204. The molecule has 0 fully saturated rings. The Bertz CT molecular complexity index is 626. The zero-order chi connectivity index (χ0) is 15.4. The van der Waals surface area contributed by atoms with E-state index in [-0.39, 0.29) is 5.69 Å². The van der Waals surface area contributed by atoms with E-state index in [1.165, 1.54) is 24.1 Å². The SMILES string of the molecule is CC(O)c1ccc(NC(=O)N(C)c2ccccc2F)cc1. The third-order valence-corrected chi connectivity index (χ3v) is 3.16. The van der Waals surface area contributed by atoms with Crippen LogP contribution in [-0.4, -0.2) is 18.2 Å². The number of anilines is 2. The number of halogens is 1. The highest BCUT2D eigenvalue weighted by atomic mass is 19.1. The van der Waals surface area contributed by atoms with Crippen molar-refractivity contribution in [2.75, 3.05) is 17.3 Å². The molecule has 5 heteroatoms. The number of carbonyl (C=O) groups is 1. The number of carbonyl (C=O) groups excluding carboxylic acids is 1. The average Bonchev–Trinajstić information content (AvgIpc) is 2.47. The fourth-order valence-electron chi connectivity index (χ4n) is 1.89. The highest BCUT2D eigenvalue weighted by Crippen LogP contribution is 2.19. The van der Waals surface area contributed by atoms with Crippen LogP contribution in [0.1, 0.15) is 18.6 Å². The van der Waals surface area contributed by atoms with Crippen LogP contribution in [0.4, 0.5) is 20.6 Å². The van der Waals surface area contributed by atoms with Crippen LogP contribution in [0.3, 0.4) is 0 Å². The van der Waals surface area contributed by atoms with Crippen LogP contribution >= 0.6 is 0 Å². The number of amides is 2. The highest BCUT2D eigenvalue weighted by Gasteiger charge is 2.14. The standard InChI is InChI=1S/C16H17FN2O2/c1-11(20)12-7-9-13(10-8-12)18-16(21)19(2)15-6-4-3-5-14(15)17/h3-11,20H,1-2H3,(H,18,21). The number of nitrogens with one attached hydrogen (secondary N) is 1. The monoisotopic (exact) mass is 288 g/mol. The van der Waals surface area contributed by atoms with Gasteiger partial charge in [-0.1, -0.05) is 24.3 Å². The number of para-hydroxylation sites is 1. The lowest BCUT2D eigenvalue weighted by Crippen LogP contribution is -2.31. The van der Waals surface area contributed by atoms with E-state index >= 15 is 0 Å². The quantitative estimate of drug-likeness (QED) is 0.907. The molecule has 2 rings (SSSR count). The second-order valence-corrected chi connectivity index (χ2v) is 4.74. The minimum Gasteiger partial charge on any atom is -0.389 e. The Hall–Kier alpha value is -2.40. The molecule has 0 radical (unpaired) electrons. The summed E-state index contributed by atoms with van der Waals surface area (Å²) in [6.45, 7) is 1.67. The summed E-state index contributed by atoms with van der Waals surface area (Å²) >= 11 is 0. The summed E-state index contributed by atoms with van der Waals surface area (Å²) in [5.74, 6) is -0.459. The molecule has 0 saturated carbocycles. The van der Waals surface area contributed by atoms with Crippen molar-refractivity contribution in [3.63, 3.8) is 0 Å². The number of hydrogen-bond donors (Lipinski definition) is 2. The summed E-state index contributed by atoms with van der Waals surface area (Å²) in [4.78, 5) is 13.3. The molecule has 0 saturated heterocycles. The molecule has 2 aromatic carbocycles. The summed E-state index contributed by atoms with van der Waals surface area (Å²) in [6.07, 6.45) is -0.559. The molecular formula is C16H17FN2O2. The maximum atomic E-state index is 13.6. The van der Waals surface area contributed by atoms with Crippen molar-refractivity contribution in [2.24, 2.45) is 0 Å². The van der Waals surface area contributed by atoms with E-state index in [9.17, 15) is 14.3 Å². The number of nitrogens with zero attached hydrogens (tertiary/aromatic N) is 1. The zero-order valence-electron chi connectivity index (χ0n) is 11.9. The lowest BCUT2D eigenvalue weighted by Gasteiger charge is -2.18. The Balaban J connectivity index is 2.09. The maximum Gasteiger partial charge on any atom is 0.326 e. The Morgan fingerprint density at radius 3 is 2.38 bits per heavy atom. The molecule has 0 heterocycles. The first kappa shape index (κ1) is 15.0. The molecule has 1 atom stereocenters. The molecular weight excluding hydrogens is 271 g/mol. The topological polar surface area (TPSA) is 52.6 Å². The van der Waals surface area contributed by atoms with Crippen LogP contribution in [0.2, 0.25) is 0 Å². The third kappa shape index (κ3) is 3.58. The highest BCUT2D eigenvalue weighted by molar-refractivity contribution is 6.01. The average molecular weight is 288 g/mol. The number of benzene rings is 2. The lowest BCUT2D eigenvalue weighted by molar-refractivity contribution is 0.199. The van der Waals surface area contributed by atoms with E-state index < -0.39 is 18.0 Å². The van der Waals surface area contributed by atoms with Crippen molar-refractivity contribution in [1.82, 2.24) is 0 Å². The number of urea groups is 1. The molecule has 2 N–H and O–H groups in total. The minimum atomic E-state index is -0.559. The van der Waals surface area contributed by atoms with E-state index in [0.29, 0.717) is 5.69 Å². The third-order valence-electron chi connectivity index (χ3n) is 3.16. The van der Waals surface area contributed by atoms with Gasteiger partial charge in [0.1, 0.15) is 5.82 Å². The van der Waals surface area contributed by atoms with Crippen LogP contribution < -0.4 is 10.2 Å². The zero-order valence-corrected chi connectivity index (χ0v) is 11.9. The Kier molecular flexibility index (Phi) is 4.55. The maximum absolute atomic E-state index is 13.6. The van der Waals surface area contributed by atoms with Crippen LogP contribution in [0.5, 0.6) is 0 Å². The number of aliphatic hydroxyl groups is 1. The molecule has 0 bridgehead atoms. The summed E-state index contributed by atoms with van der Waals surface area (Å²) in [5.41, 5.74) is 1.54. The fourth-order valence-corrected chi connectivity index (χ4v) is 1.89. The van der Waals surface area contributed by atoms with E-state index in [2.05, 4.69) is 5.32 Å². The number of aliphatic hydroxyl groups excluding tert-OH is 1. The molecule has 0 spiro atoms. The van der Waals surface area contributed by atoms with Crippen molar-refractivity contribution in [3.8, 4) is 0 Å².